The summed E-state index contributed by atoms with van der Waals surface area (Å²) in [7, 11) is 5.77. The van der Waals surface area contributed by atoms with E-state index in [-0.39, 0.29) is 12.5 Å². The zero-order chi connectivity index (χ0) is 24.0. The molecule has 174 valence electrons. The number of carbonyl (C=O) groups is 1. The highest BCUT2D eigenvalue weighted by Gasteiger charge is 2.12. The molecule has 0 radical (unpaired) electrons. The molecule has 1 amide bonds. The molecule has 0 bridgehead atoms. The van der Waals surface area contributed by atoms with Gasteiger partial charge in [0.2, 0.25) is 0 Å². The third-order valence-corrected chi connectivity index (χ3v) is 5.84. The molecule has 3 rings (SSSR count). The molecule has 3 aromatic carbocycles. The van der Waals surface area contributed by atoms with Crippen molar-refractivity contribution in [2.45, 2.75) is 33.3 Å². The Morgan fingerprint density at radius 3 is 2.27 bits per heavy atom. The van der Waals surface area contributed by atoms with Crippen molar-refractivity contribution in [3.63, 3.8) is 0 Å². The Kier molecular flexibility index (Phi) is 8.26. The van der Waals surface area contributed by atoms with Gasteiger partial charge in [-0.2, -0.15) is 0 Å². The highest BCUT2D eigenvalue weighted by Crippen LogP contribution is 2.30. The van der Waals surface area contributed by atoms with Crippen LogP contribution < -0.4 is 10.1 Å². The van der Waals surface area contributed by atoms with Crippen LogP contribution in [0.4, 0.5) is 5.69 Å². The number of amides is 1. The van der Waals surface area contributed by atoms with Crippen molar-refractivity contribution in [2.75, 3.05) is 33.1 Å². The molecular weight excluding hydrogens is 412 g/mol. The van der Waals surface area contributed by atoms with Gasteiger partial charge in [0.25, 0.3) is 5.91 Å². The van der Waals surface area contributed by atoms with Crippen molar-refractivity contribution < 1.29 is 14.6 Å². The summed E-state index contributed by atoms with van der Waals surface area (Å²) in [6, 6.07) is 17.5. The maximum atomic E-state index is 13.0. The summed E-state index contributed by atoms with van der Waals surface area (Å²) >= 11 is 0. The summed E-state index contributed by atoms with van der Waals surface area (Å²) in [6.07, 6.45) is 1.85. The quantitative estimate of drug-likeness (QED) is 0.473. The van der Waals surface area contributed by atoms with E-state index in [1.807, 2.05) is 62.4 Å². The molecule has 5 nitrogen and oxygen atoms in total. The molecule has 33 heavy (non-hydrogen) atoms. The average Bonchev–Trinajstić information content (AvgIpc) is 2.79. The number of nitrogens with zero attached hydrogens (tertiary/aromatic N) is 1. The molecular formula is C28H34N2O3. The molecule has 0 heterocycles. The number of hydrogen-bond donors (Lipinski definition) is 2. The standard InChI is InChI=1S/C28H34N2O3/c1-19-15-21(18-31)8-11-25(19)26-12-10-24(16-20(26)2)29-28(32)23-9-13-27(33-5)22(17-23)7-6-14-30(3)4/h8-13,15-17,31H,6-7,14,18H2,1-5H3,(H,29,32). The Labute approximate surface area is 197 Å². The largest absolute Gasteiger partial charge is 0.496 e. The van der Waals surface area contributed by atoms with Crippen LogP contribution >= 0.6 is 0 Å². The first-order valence-corrected chi connectivity index (χ1v) is 11.3. The predicted molar refractivity (Wildman–Crippen MR) is 135 cm³/mol. The smallest absolute Gasteiger partial charge is 0.255 e. The highest BCUT2D eigenvalue weighted by molar-refractivity contribution is 6.04. The molecule has 5 heteroatoms. The van der Waals surface area contributed by atoms with E-state index in [2.05, 4.69) is 24.3 Å². The number of nitrogens with one attached hydrogen (secondary N) is 1. The summed E-state index contributed by atoms with van der Waals surface area (Å²) in [6.45, 7) is 5.10. The zero-order valence-electron chi connectivity index (χ0n) is 20.2. The number of anilines is 1. The molecule has 0 aliphatic heterocycles. The topological polar surface area (TPSA) is 61.8 Å². The van der Waals surface area contributed by atoms with Crippen molar-refractivity contribution in [3.8, 4) is 16.9 Å². The van der Waals surface area contributed by atoms with E-state index in [4.69, 9.17) is 4.74 Å². The van der Waals surface area contributed by atoms with Crippen LogP contribution in [-0.2, 0) is 13.0 Å². The van der Waals surface area contributed by atoms with Crippen molar-refractivity contribution in [1.29, 1.82) is 0 Å². The maximum absolute atomic E-state index is 13.0. The molecule has 0 atom stereocenters. The van der Waals surface area contributed by atoms with E-state index in [0.717, 1.165) is 64.2 Å². The van der Waals surface area contributed by atoms with Gasteiger partial charge >= 0.3 is 0 Å². The normalized spacial score (nSPS) is 11.0. The van der Waals surface area contributed by atoms with E-state index in [1.54, 1.807) is 13.2 Å². The molecule has 3 aromatic rings. The van der Waals surface area contributed by atoms with Crippen LogP contribution in [0.15, 0.2) is 54.6 Å². The van der Waals surface area contributed by atoms with Gasteiger partial charge in [0.1, 0.15) is 5.75 Å². The summed E-state index contributed by atoms with van der Waals surface area (Å²) < 4.78 is 5.49. The molecule has 0 fully saturated rings. The zero-order valence-corrected chi connectivity index (χ0v) is 20.2. The minimum Gasteiger partial charge on any atom is -0.496 e. The number of aliphatic hydroxyl groups is 1. The number of aryl methyl sites for hydroxylation is 3. The number of hydrogen-bond acceptors (Lipinski definition) is 4. The van der Waals surface area contributed by atoms with Crippen LogP contribution in [0.1, 0.15) is 39.0 Å². The van der Waals surface area contributed by atoms with Gasteiger partial charge < -0.3 is 20.1 Å². The number of aliphatic hydroxyl groups excluding tert-OH is 1. The number of ether oxygens (including phenoxy) is 1. The Hall–Kier alpha value is -3.15. The van der Waals surface area contributed by atoms with E-state index >= 15 is 0 Å². The Morgan fingerprint density at radius 1 is 0.970 bits per heavy atom. The lowest BCUT2D eigenvalue weighted by Crippen LogP contribution is -2.14. The van der Waals surface area contributed by atoms with Gasteiger partial charge in [-0.25, -0.2) is 0 Å². The van der Waals surface area contributed by atoms with Crippen molar-refractivity contribution in [2.24, 2.45) is 0 Å². The SMILES string of the molecule is COc1ccc(C(=O)Nc2ccc(-c3ccc(CO)cc3C)c(C)c2)cc1CCCN(C)C. The molecule has 0 aromatic heterocycles. The Bertz CT molecular complexity index is 1120. The molecule has 2 N–H and O–H groups in total. The van der Waals surface area contributed by atoms with E-state index in [0.29, 0.717) is 5.56 Å². The summed E-state index contributed by atoms with van der Waals surface area (Å²) in [5, 5.41) is 12.4. The van der Waals surface area contributed by atoms with Crippen LogP contribution in [0.25, 0.3) is 11.1 Å². The molecule has 0 unspecified atom stereocenters. The van der Waals surface area contributed by atoms with Crippen LogP contribution in [0, 0.1) is 13.8 Å². The summed E-state index contributed by atoms with van der Waals surface area (Å²) in [5.41, 5.74) is 7.75. The van der Waals surface area contributed by atoms with Gasteiger partial charge in [0.15, 0.2) is 0 Å². The van der Waals surface area contributed by atoms with Crippen LogP contribution in [0.3, 0.4) is 0 Å². The first-order valence-electron chi connectivity index (χ1n) is 11.3. The predicted octanol–water partition coefficient (Wildman–Crippen LogP) is 5.22. The van der Waals surface area contributed by atoms with Gasteiger partial charge in [-0.15, -0.1) is 0 Å². The minimum atomic E-state index is -0.137. The fourth-order valence-corrected chi connectivity index (χ4v) is 4.07. The Balaban J connectivity index is 1.77. The number of methoxy groups -OCH3 is 1. The van der Waals surface area contributed by atoms with Gasteiger partial charge in [0, 0.05) is 11.3 Å². The van der Waals surface area contributed by atoms with Gasteiger partial charge in [-0.1, -0.05) is 24.3 Å². The molecule has 0 spiro atoms. The number of carbonyl (C=O) groups excluding carboxylic acids is 1. The van der Waals surface area contributed by atoms with Gasteiger partial charge in [0.05, 0.1) is 13.7 Å². The number of benzene rings is 3. The summed E-state index contributed by atoms with van der Waals surface area (Å²) in [5.74, 6) is 0.676. The lowest BCUT2D eigenvalue weighted by Gasteiger charge is -2.14. The van der Waals surface area contributed by atoms with Crippen molar-refractivity contribution in [3.05, 3.63) is 82.4 Å². The second kappa shape index (κ2) is 11.1. The van der Waals surface area contributed by atoms with E-state index < -0.39 is 0 Å². The van der Waals surface area contributed by atoms with Crippen LogP contribution in [0.5, 0.6) is 5.75 Å². The monoisotopic (exact) mass is 446 g/mol. The fraction of sp³-hybridized carbons (Fsp3) is 0.321. The Morgan fingerprint density at radius 2 is 1.67 bits per heavy atom. The molecule has 0 aliphatic rings. The average molecular weight is 447 g/mol. The molecule has 0 saturated heterocycles. The fourth-order valence-electron chi connectivity index (χ4n) is 4.07. The first-order chi connectivity index (χ1) is 15.8. The summed E-state index contributed by atoms with van der Waals surface area (Å²) in [4.78, 5) is 15.1. The van der Waals surface area contributed by atoms with Gasteiger partial charge in [-0.05, 0) is 111 Å². The minimum absolute atomic E-state index is 0.0355. The van der Waals surface area contributed by atoms with E-state index in [9.17, 15) is 9.90 Å². The third-order valence-electron chi connectivity index (χ3n) is 5.84. The first kappa shape index (κ1) is 24.5. The highest BCUT2D eigenvalue weighted by atomic mass is 16.5. The lowest BCUT2D eigenvalue weighted by atomic mass is 9.95. The van der Waals surface area contributed by atoms with E-state index in [1.165, 1.54) is 0 Å². The maximum Gasteiger partial charge on any atom is 0.255 e. The second-order valence-corrected chi connectivity index (χ2v) is 8.72. The van der Waals surface area contributed by atoms with Crippen molar-refractivity contribution >= 4 is 11.6 Å². The van der Waals surface area contributed by atoms with Crippen LogP contribution in [-0.4, -0.2) is 43.7 Å². The van der Waals surface area contributed by atoms with Crippen molar-refractivity contribution in [1.82, 2.24) is 4.90 Å². The lowest BCUT2D eigenvalue weighted by molar-refractivity contribution is 0.102. The third kappa shape index (κ3) is 6.21. The number of rotatable bonds is 9. The molecule has 0 saturated carbocycles. The van der Waals surface area contributed by atoms with Gasteiger partial charge in [-0.3, -0.25) is 4.79 Å². The molecule has 0 aliphatic carbocycles. The second-order valence-electron chi connectivity index (χ2n) is 8.72. The van der Waals surface area contributed by atoms with Crippen LogP contribution in [0.2, 0.25) is 0 Å².